The zero-order chi connectivity index (χ0) is 14.0. The maximum Gasteiger partial charge on any atom is 0.269 e. The molecule has 106 valence electrons. The van der Waals surface area contributed by atoms with Gasteiger partial charge in [-0.2, -0.15) is 5.10 Å². The fourth-order valence-electron chi connectivity index (χ4n) is 2.23. The molecule has 0 unspecified atom stereocenters. The third kappa shape index (κ3) is 3.54. The summed E-state index contributed by atoms with van der Waals surface area (Å²) in [5.74, 6) is -0.549. The van der Waals surface area contributed by atoms with Gasteiger partial charge in [0.25, 0.3) is 5.91 Å². The lowest BCUT2D eigenvalue weighted by atomic mass is 10.0. The lowest BCUT2D eigenvalue weighted by molar-refractivity contribution is 0.0994. The highest BCUT2D eigenvalue weighted by Crippen LogP contribution is 2.15. The highest BCUT2D eigenvalue weighted by atomic mass is 32.2. The van der Waals surface area contributed by atoms with Crippen LogP contribution < -0.4 is 11.1 Å². The summed E-state index contributed by atoms with van der Waals surface area (Å²) in [4.78, 5) is 10.9. The van der Waals surface area contributed by atoms with Gasteiger partial charge in [-0.05, 0) is 18.9 Å². The summed E-state index contributed by atoms with van der Waals surface area (Å²) in [6, 6.07) is 1.74. The van der Waals surface area contributed by atoms with Gasteiger partial charge in [0.1, 0.15) is 5.69 Å². The van der Waals surface area contributed by atoms with Crippen LogP contribution in [0.4, 0.5) is 0 Å². The van der Waals surface area contributed by atoms with E-state index in [0.29, 0.717) is 19.5 Å². The second kappa shape index (κ2) is 5.30. The third-order valence-electron chi connectivity index (χ3n) is 3.38. The van der Waals surface area contributed by atoms with Gasteiger partial charge in [0.15, 0.2) is 9.84 Å². The molecule has 0 radical (unpaired) electrons. The number of primary amides is 1. The van der Waals surface area contributed by atoms with Gasteiger partial charge in [-0.3, -0.25) is 9.48 Å². The summed E-state index contributed by atoms with van der Waals surface area (Å²) in [6.45, 7) is 1.07. The van der Waals surface area contributed by atoms with Crippen LogP contribution in [0.2, 0.25) is 0 Å². The second-order valence-corrected chi connectivity index (χ2v) is 7.25. The molecule has 1 aliphatic rings. The van der Waals surface area contributed by atoms with E-state index in [1.165, 1.54) is 6.26 Å². The molecule has 8 heteroatoms. The number of nitrogens with one attached hydrogen (secondary N) is 1. The molecule has 7 nitrogen and oxygen atoms in total. The lowest BCUT2D eigenvalue weighted by Crippen LogP contribution is -2.46. The van der Waals surface area contributed by atoms with Crippen LogP contribution in [0.1, 0.15) is 23.3 Å². The molecule has 0 aromatic carbocycles. The Labute approximate surface area is 112 Å². The van der Waals surface area contributed by atoms with Gasteiger partial charge >= 0.3 is 0 Å². The molecule has 1 aliphatic heterocycles. The summed E-state index contributed by atoms with van der Waals surface area (Å²) in [6.07, 6.45) is 4.39. The van der Waals surface area contributed by atoms with Crippen LogP contribution in [-0.2, 0) is 16.4 Å². The fourth-order valence-corrected chi connectivity index (χ4v) is 3.19. The Kier molecular flexibility index (Phi) is 3.91. The largest absolute Gasteiger partial charge is 0.364 e. The van der Waals surface area contributed by atoms with Gasteiger partial charge < -0.3 is 11.1 Å². The van der Waals surface area contributed by atoms with Crippen LogP contribution in [0.5, 0.6) is 0 Å². The van der Waals surface area contributed by atoms with Crippen molar-refractivity contribution in [1.82, 2.24) is 15.1 Å². The number of hydrogen-bond acceptors (Lipinski definition) is 5. The molecule has 1 fully saturated rings. The third-order valence-corrected chi connectivity index (χ3v) is 4.99. The number of nitrogens with zero attached hydrogens (tertiary/aromatic N) is 2. The predicted molar refractivity (Wildman–Crippen MR) is 70.4 cm³/mol. The minimum atomic E-state index is -2.98. The second-order valence-electron chi connectivity index (χ2n) is 4.92. The molecule has 1 aromatic rings. The average Bonchev–Trinajstić information content (AvgIpc) is 2.77. The topological polar surface area (TPSA) is 107 Å². The zero-order valence-electron chi connectivity index (χ0n) is 10.7. The number of sulfone groups is 1. The van der Waals surface area contributed by atoms with Crippen LogP contribution >= 0.6 is 0 Å². The van der Waals surface area contributed by atoms with Crippen LogP contribution in [-0.4, -0.2) is 48.2 Å². The highest BCUT2D eigenvalue weighted by molar-refractivity contribution is 7.91. The SMILES string of the molecule is CS(=O)(=O)[C@H]1CC[C@H](Cn2ccc(C(N)=O)n2)NC1. The van der Waals surface area contributed by atoms with E-state index in [9.17, 15) is 13.2 Å². The van der Waals surface area contributed by atoms with Crippen molar-refractivity contribution in [3.63, 3.8) is 0 Å². The van der Waals surface area contributed by atoms with Crippen molar-refractivity contribution in [3.8, 4) is 0 Å². The van der Waals surface area contributed by atoms with Crippen molar-refractivity contribution in [3.05, 3.63) is 18.0 Å². The van der Waals surface area contributed by atoms with E-state index in [2.05, 4.69) is 10.4 Å². The summed E-state index contributed by atoms with van der Waals surface area (Å²) < 4.78 is 24.5. The van der Waals surface area contributed by atoms with Crippen molar-refractivity contribution in [2.24, 2.45) is 5.73 Å². The molecule has 1 amide bonds. The van der Waals surface area contributed by atoms with Crippen molar-refractivity contribution in [1.29, 1.82) is 0 Å². The number of amides is 1. The number of carbonyl (C=O) groups is 1. The van der Waals surface area contributed by atoms with E-state index in [1.807, 2.05) is 0 Å². The van der Waals surface area contributed by atoms with Crippen LogP contribution in [0.3, 0.4) is 0 Å². The Morgan fingerprint density at radius 2 is 2.32 bits per heavy atom. The van der Waals surface area contributed by atoms with Gasteiger partial charge in [-0.25, -0.2) is 8.42 Å². The molecule has 2 heterocycles. The number of aromatic nitrogens is 2. The Hall–Kier alpha value is -1.41. The molecule has 19 heavy (non-hydrogen) atoms. The maximum absolute atomic E-state index is 11.4. The van der Waals surface area contributed by atoms with E-state index in [1.54, 1.807) is 16.9 Å². The lowest BCUT2D eigenvalue weighted by Gasteiger charge is -2.28. The van der Waals surface area contributed by atoms with Crippen LogP contribution in [0.15, 0.2) is 12.3 Å². The minimum Gasteiger partial charge on any atom is -0.364 e. The molecule has 0 saturated carbocycles. The number of rotatable bonds is 4. The Bertz CT molecular complexity index is 558. The smallest absolute Gasteiger partial charge is 0.269 e. The Morgan fingerprint density at radius 1 is 1.58 bits per heavy atom. The first kappa shape index (κ1) is 14.0. The quantitative estimate of drug-likeness (QED) is 0.749. The van der Waals surface area contributed by atoms with Gasteiger partial charge in [0.05, 0.1) is 11.8 Å². The predicted octanol–water partition coefficient (Wildman–Crippen LogP) is -0.853. The highest BCUT2D eigenvalue weighted by Gasteiger charge is 2.27. The summed E-state index contributed by atoms with van der Waals surface area (Å²) in [7, 11) is -2.98. The number of piperidine rings is 1. The summed E-state index contributed by atoms with van der Waals surface area (Å²) >= 11 is 0. The number of nitrogens with two attached hydrogens (primary N) is 1. The van der Waals surface area contributed by atoms with Gasteiger partial charge in [0.2, 0.25) is 0 Å². The van der Waals surface area contributed by atoms with E-state index < -0.39 is 15.7 Å². The molecule has 2 atom stereocenters. The molecular formula is C11H18N4O3S. The molecule has 0 bridgehead atoms. The maximum atomic E-state index is 11.4. The molecule has 1 saturated heterocycles. The molecular weight excluding hydrogens is 268 g/mol. The summed E-state index contributed by atoms with van der Waals surface area (Å²) in [5, 5.41) is 6.96. The van der Waals surface area contributed by atoms with E-state index >= 15 is 0 Å². The Balaban J connectivity index is 1.90. The minimum absolute atomic E-state index is 0.165. The van der Waals surface area contributed by atoms with E-state index in [0.717, 1.165) is 6.42 Å². The van der Waals surface area contributed by atoms with Gasteiger partial charge in [0, 0.05) is 25.0 Å². The summed E-state index contributed by atoms with van der Waals surface area (Å²) in [5.41, 5.74) is 5.37. The van der Waals surface area contributed by atoms with Crippen molar-refractivity contribution < 1.29 is 13.2 Å². The normalized spacial score (nSPS) is 24.3. The monoisotopic (exact) mass is 286 g/mol. The van der Waals surface area contributed by atoms with Gasteiger partial charge in [-0.15, -0.1) is 0 Å². The average molecular weight is 286 g/mol. The molecule has 3 N–H and O–H groups in total. The first-order valence-electron chi connectivity index (χ1n) is 6.12. The number of hydrogen-bond donors (Lipinski definition) is 2. The molecule has 1 aromatic heterocycles. The first-order valence-corrected chi connectivity index (χ1v) is 8.07. The van der Waals surface area contributed by atoms with Crippen molar-refractivity contribution >= 4 is 15.7 Å². The van der Waals surface area contributed by atoms with Crippen LogP contribution in [0, 0.1) is 0 Å². The Morgan fingerprint density at radius 3 is 2.79 bits per heavy atom. The van der Waals surface area contributed by atoms with E-state index in [4.69, 9.17) is 5.73 Å². The van der Waals surface area contributed by atoms with E-state index in [-0.39, 0.29) is 17.0 Å². The molecule has 0 aliphatic carbocycles. The molecule has 0 spiro atoms. The standard InChI is InChI=1S/C11H18N4O3S/c1-19(17,18)9-3-2-8(13-6-9)7-15-5-4-10(14-15)11(12)16/h4-5,8-9,13H,2-3,6-7H2,1H3,(H2,12,16)/t8-,9+/m1/s1. The van der Waals surface area contributed by atoms with Gasteiger partial charge in [-0.1, -0.05) is 0 Å². The van der Waals surface area contributed by atoms with Crippen molar-refractivity contribution in [2.45, 2.75) is 30.7 Å². The van der Waals surface area contributed by atoms with Crippen LogP contribution in [0.25, 0.3) is 0 Å². The zero-order valence-corrected chi connectivity index (χ0v) is 11.6. The first-order chi connectivity index (χ1) is 8.86. The van der Waals surface area contributed by atoms with Crippen molar-refractivity contribution in [2.75, 3.05) is 12.8 Å². The molecule has 2 rings (SSSR count). The number of carbonyl (C=O) groups excluding carboxylic acids is 1. The fraction of sp³-hybridized carbons (Fsp3) is 0.636.